The molecular formula is C16H22N4S. The first kappa shape index (κ1) is 14.6. The molecule has 2 heterocycles. The number of aromatic nitrogens is 3. The average Bonchev–Trinajstić information content (AvgIpc) is 3.15. The van der Waals surface area contributed by atoms with Crippen LogP contribution >= 0.6 is 11.5 Å². The van der Waals surface area contributed by atoms with E-state index in [-0.39, 0.29) is 0 Å². The lowest BCUT2D eigenvalue weighted by Crippen LogP contribution is -2.27. The van der Waals surface area contributed by atoms with E-state index in [0.29, 0.717) is 12.0 Å². The molecule has 112 valence electrons. The van der Waals surface area contributed by atoms with Crippen LogP contribution in [-0.4, -0.2) is 21.1 Å². The summed E-state index contributed by atoms with van der Waals surface area (Å²) in [5, 5.41) is 8.02. The summed E-state index contributed by atoms with van der Waals surface area (Å²) in [6, 6.07) is 4.56. The van der Waals surface area contributed by atoms with E-state index < -0.39 is 0 Å². The second-order valence-electron chi connectivity index (χ2n) is 5.56. The van der Waals surface area contributed by atoms with Gasteiger partial charge < -0.3 is 5.32 Å². The van der Waals surface area contributed by atoms with Crippen LogP contribution < -0.4 is 5.32 Å². The van der Waals surface area contributed by atoms with E-state index in [2.05, 4.69) is 39.8 Å². The summed E-state index contributed by atoms with van der Waals surface area (Å²) in [7, 11) is 0. The smallest absolute Gasteiger partial charge is 0.0801 e. The summed E-state index contributed by atoms with van der Waals surface area (Å²) in [4.78, 5) is 5.96. The van der Waals surface area contributed by atoms with Crippen LogP contribution in [0.2, 0.25) is 0 Å². The zero-order chi connectivity index (χ0) is 14.7. The molecule has 0 fully saturated rings. The first-order valence-electron chi connectivity index (χ1n) is 7.83. The van der Waals surface area contributed by atoms with E-state index in [1.165, 1.54) is 16.1 Å². The van der Waals surface area contributed by atoms with Gasteiger partial charge in [-0.2, -0.15) is 0 Å². The van der Waals surface area contributed by atoms with Crippen molar-refractivity contribution >= 4 is 11.5 Å². The molecular weight excluding hydrogens is 280 g/mol. The van der Waals surface area contributed by atoms with Gasteiger partial charge in [-0.05, 0) is 55.4 Å². The van der Waals surface area contributed by atoms with Crippen LogP contribution in [0.5, 0.6) is 0 Å². The summed E-state index contributed by atoms with van der Waals surface area (Å²) in [5.74, 6) is 0.445. The quantitative estimate of drug-likeness (QED) is 0.890. The van der Waals surface area contributed by atoms with E-state index >= 15 is 0 Å². The minimum absolute atomic E-state index is 0.302. The maximum absolute atomic E-state index is 4.66. The minimum Gasteiger partial charge on any atom is -0.309 e. The molecule has 0 radical (unpaired) electrons. The highest BCUT2D eigenvalue weighted by Gasteiger charge is 2.33. The second kappa shape index (κ2) is 6.62. The zero-order valence-corrected chi connectivity index (χ0v) is 13.5. The van der Waals surface area contributed by atoms with Crippen molar-refractivity contribution in [2.45, 2.75) is 51.5 Å². The highest BCUT2D eigenvalue weighted by atomic mass is 32.1. The monoisotopic (exact) mass is 302 g/mol. The van der Waals surface area contributed by atoms with Crippen LogP contribution in [0.25, 0.3) is 0 Å². The van der Waals surface area contributed by atoms with Crippen molar-refractivity contribution in [2.75, 3.05) is 6.54 Å². The molecule has 1 aliphatic carbocycles. The Balaban J connectivity index is 1.94. The van der Waals surface area contributed by atoms with Gasteiger partial charge >= 0.3 is 0 Å². The van der Waals surface area contributed by atoms with Gasteiger partial charge in [-0.15, -0.1) is 5.10 Å². The van der Waals surface area contributed by atoms with Crippen LogP contribution in [0.1, 0.15) is 60.5 Å². The van der Waals surface area contributed by atoms with Crippen LogP contribution in [0.15, 0.2) is 18.3 Å². The van der Waals surface area contributed by atoms with Crippen molar-refractivity contribution in [1.82, 2.24) is 19.9 Å². The predicted molar refractivity (Wildman–Crippen MR) is 85.6 cm³/mol. The molecule has 1 aliphatic rings. The Labute approximate surface area is 130 Å². The maximum Gasteiger partial charge on any atom is 0.0801 e. The van der Waals surface area contributed by atoms with Crippen LogP contribution in [0, 0.1) is 0 Å². The SMILES string of the molecule is CCCNC(c1snnc1CC)C1CCc2cccnc21. The Morgan fingerprint density at radius 3 is 3.14 bits per heavy atom. The van der Waals surface area contributed by atoms with E-state index in [0.717, 1.165) is 37.9 Å². The average molecular weight is 302 g/mol. The molecule has 2 aromatic heterocycles. The zero-order valence-electron chi connectivity index (χ0n) is 12.7. The van der Waals surface area contributed by atoms with Gasteiger partial charge in [0.1, 0.15) is 0 Å². The number of rotatable bonds is 6. The molecule has 0 aliphatic heterocycles. The molecule has 4 nitrogen and oxygen atoms in total. The number of nitrogens with zero attached hydrogens (tertiary/aromatic N) is 3. The van der Waals surface area contributed by atoms with Crippen molar-refractivity contribution in [3.05, 3.63) is 40.2 Å². The standard InChI is InChI=1S/C16H22N4S/c1-3-9-17-15(16-13(4-2)19-20-21-16)12-8-7-11-6-5-10-18-14(11)12/h5-6,10,12,15,17H,3-4,7-9H2,1-2H3. The highest BCUT2D eigenvalue weighted by Crippen LogP contribution is 2.42. The molecule has 3 rings (SSSR count). The van der Waals surface area contributed by atoms with E-state index in [1.807, 2.05) is 12.3 Å². The third-order valence-electron chi connectivity index (χ3n) is 4.22. The number of hydrogen-bond donors (Lipinski definition) is 1. The Kier molecular flexibility index (Phi) is 4.60. The molecule has 0 bridgehead atoms. The lowest BCUT2D eigenvalue weighted by atomic mass is 9.94. The first-order chi connectivity index (χ1) is 10.3. The van der Waals surface area contributed by atoms with Gasteiger partial charge in [-0.25, -0.2) is 0 Å². The van der Waals surface area contributed by atoms with Crippen LogP contribution in [0.3, 0.4) is 0 Å². The first-order valence-corrected chi connectivity index (χ1v) is 8.60. The Morgan fingerprint density at radius 2 is 2.33 bits per heavy atom. The van der Waals surface area contributed by atoms with Gasteiger partial charge in [0.15, 0.2) is 0 Å². The molecule has 0 amide bonds. The van der Waals surface area contributed by atoms with E-state index in [1.54, 1.807) is 11.5 Å². The lowest BCUT2D eigenvalue weighted by molar-refractivity contribution is 0.440. The molecule has 0 spiro atoms. The Morgan fingerprint density at radius 1 is 1.43 bits per heavy atom. The van der Waals surface area contributed by atoms with Crippen molar-refractivity contribution in [3.63, 3.8) is 0 Å². The summed E-state index contributed by atoms with van der Waals surface area (Å²) in [6.45, 7) is 5.37. The molecule has 5 heteroatoms. The third kappa shape index (κ3) is 2.85. The summed E-state index contributed by atoms with van der Waals surface area (Å²) in [5.41, 5.74) is 3.81. The Hall–Kier alpha value is -1.33. The normalized spacial score (nSPS) is 18.7. The van der Waals surface area contributed by atoms with Gasteiger partial charge in [0.25, 0.3) is 0 Å². The maximum atomic E-state index is 4.66. The van der Waals surface area contributed by atoms with Crippen LogP contribution in [-0.2, 0) is 12.8 Å². The van der Waals surface area contributed by atoms with Crippen LogP contribution in [0.4, 0.5) is 0 Å². The van der Waals surface area contributed by atoms with Crippen molar-refractivity contribution < 1.29 is 0 Å². The highest BCUT2D eigenvalue weighted by molar-refractivity contribution is 7.05. The fraction of sp³-hybridized carbons (Fsp3) is 0.562. The van der Waals surface area contributed by atoms with E-state index in [9.17, 15) is 0 Å². The topological polar surface area (TPSA) is 50.7 Å². The number of pyridine rings is 1. The molecule has 2 aromatic rings. The number of nitrogens with one attached hydrogen (secondary N) is 1. The molecule has 0 aromatic carbocycles. The molecule has 2 atom stereocenters. The predicted octanol–water partition coefficient (Wildman–Crippen LogP) is 3.27. The number of fused-ring (bicyclic) bond motifs is 1. The number of hydrogen-bond acceptors (Lipinski definition) is 5. The van der Waals surface area contributed by atoms with Gasteiger partial charge in [0, 0.05) is 17.8 Å². The largest absolute Gasteiger partial charge is 0.309 e. The lowest BCUT2D eigenvalue weighted by Gasteiger charge is -2.24. The molecule has 1 N–H and O–H groups in total. The number of aryl methyl sites for hydroxylation is 2. The molecule has 21 heavy (non-hydrogen) atoms. The Bertz CT molecular complexity index is 595. The molecule has 2 unspecified atom stereocenters. The van der Waals surface area contributed by atoms with Crippen molar-refractivity contribution in [3.8, 4) is 0 Å². The van der Waals surface area contributed by atoms with Crippen molar-refractivity contribution in [2.24, 2.45) is 0 Å². The summed E-state index contributed by atoms with van der Waals surface area (Å²) < 4.78 is 4.18. The fourth-order valence-corrected chi connectivity index (χ4v) is 4.06. The fourth-order valence-electron chi connectivity index (χ4n) is 3.18. The second-order valence-corrected chi connectivity index (χ2v) is 6.35. The minimum atomic E-state index is 0.302. The van der Waals surface area contributed by atoms with E-state index in [4.69, 9.17) is 0 Å². The molecule has 0 saturated carbocycles. The van der Waals surface area contributed by atoms with Gasteiger partial charge in [0.05, 0.1) is 16.6 Å². The van der Waals surface area contributed by atoms with Crippen molar-refractivity contribution in [1.29, 1.82) is 0 Å². The summed E-state index contributed by atoms with van der Waals surface area (Å²) in [6.07, 6.45) is 6.28. The molecule has 0 saturated heterocycles. The van der Waals surface area contributed by atoms with Gasteiger partial charge in [0.2, 0.25) is 0 Å². The summed E-state index contributed by atoms with van der Waals surface area (Å²) >= 11 is 1.54. The third-order valence-corrected chi connectivity index (χ3v) is 5.07. The van der Waals surface area contributed by atoms with Gasteiger partial charge in [-0.3, -0.25) is 4.98 Å². The van der Waals surface area contributed by atoms with Gasteiger partial charge in [-0.1, -0.05) is 24.4 Å².